The molecule has 1 amide bonds. The minimum atomic E-state index is -1.00. The van der Waals surface area contributed by atoms with Crippen molar-refractivity contribution in [3.8, 4) is 0 Å². The van der Waals surface area contributed by atoms with Crippen molar-refractivity contribution in [2.45, 2.75) is 39.3 Å². The average Bonchev–Trinajstić information content (AvgIpc) is 3.12. The number of carbonyl (C=O) groups is 1. The van der Waals surface area contributed by atoms with Crippen molar-refractivity contribution in [3.63, 3.8) is 0 Å². The van der Waals surface area contributed by atoms with Gasteiger partial charge in [0.05, 0.1) is 10.6 Å². The summed E-state index contributed by atoms with van der Waals surface area (Å²) < 4.78 is 3.13. The van der Waals surface area contributed by atoms with Crippen molar-refractivity contribution < 1.29 is 9.72 Å². The van der Waals surface area contributed by atoms with Crippen LogP contribution in [0.25, 0.3) is 0 Å². The zero-order chi connectivity index (χ0) is 17.0. The first-order valence-electron chi connectivity index (χ1n) is 7.28. The van der Waals surface area contributed by atoms with Crippen molar-refractivity contribution in [3.05, 3.63) is 40.5 Å². The first-order valence-corrected chi connectivity index (χ1v) is 7.28. The van der Waals surface area contributed by atoms with Crippen LogP contribution in [0.5, 0.6) is 0 Å². The van der Waals surface area contributed by atoms with Crippen LogP contribution in [0, 0.1) is 17.0 Å². The fraction of sp³-hybridized carbons (Fsp3) is 0.500. The summed E-state index contributed by atoms with van der Waals surface area (Å²) in [6.07, 6.45) is 5.02. The molecule has 0 unspecified atom stereocenters. The molecule has 9 heteroatoms. The predicted molar refractivity (Wildman–Crippen MR) is 82.8 cm³/mol. The van der Waals surface area contributed by atoms with E-state index >= 15 is 0 Å². The van der Waals surface area contributed by atoms with Gasteiger partial charge in [-0.25, -0.2) is 0 Å². The van der Waals surface area contributed by atoms with Gasteiger partial charge in [-0.1, -0.05) is 0 Å². The number of hydrogen-bond donors (Lipinski definition) is 1. The molecule has 0 aromatic carbocycles. The quantitative estimate of drug-likeness (QED) is 0.469. The summed E-state index contributed by atoms with van der Waals surface area (Å²) in [7, 11) is 0. The molecule has 0 saturated heterocycles. The molecule has 9 nitrogen and oxygen atoms in total. The van der Waals surface area contributed by atoms with Crippen molar-refractivity contribution in [1.29, 1.82) is 0 Å². The largest absolute Gasteiger partial charge is 0.354 e. The predicted octanol–water partition coefficient (Wildman–Crippen LogP) is 1.24. The number of nitrogens with zero attached hydrogens (tertiary/aromatic N) is 5. The number of aromatic nitrogens is 4. The normalized spacial score (nSPS) is 11.4. The molecule has 124 valence electrons. The number of carbonyl (C=O) groups excluding carboxylic acids is 1. The van der Waals surface area contributed by atoms with Crippen molar-refractivity contribution >= 4 is 11.6 Å². The molecule has 0 aliphatic carbocycles. The maximum Gasteiger partial charge on any atom is 0.307 e. The standard InChI is InChI=1S/C14H20N6O3/c1-11-5-8-18(17-11)7-4-6-15-13(21)14(2,3)19-10-12(9-16-19)20(22)23/h5,8-10H,4,6-7H2,1-3H3,(H,15,21). The van der Waals surface area contributed by atoms with E-state index in [9.17, 15) is 14.9 Å². The van der Waals surface area contributed by atoms with Crippen LogP contribution in [-0.4, -0.2) is 36.9 Å². The van der Waals surface area contributed by atoms with Crippen LogP contribution < -0.4 is 5.32 Å². The minimum Gasteiger partial charge on any atom is -0.354 e. The Morgan fingerprint density at radius 2 is 2.22 bits per heavy atom. The molecule has 0 spiro atoms. The summed E-state index contributed by atoms with van der Waals surface area (Å²) in [5, 5.41) is 21.7. The highest BCUT2D eigenvalue weighted by molar-refractivity contribution is 5.83. The SMILES string of the molecule is Cc1ccn(CCCNC(=O)C(C)(C)n2cc([N+](=O)[O-])cn2)n1. The van der Waals surface area contributed by atoms with Crippen LogP contribution in [-0.2, 0) is 16.9 Å². The van der Waals surface area contributed by atoms with E-state index in [-0.39, 0.29) is 11.6 Å². The van der Waals surface area contributed by atoms with Crippen LogP contribution in [0.2, 0.25) is 0 Å². The second-order valence-corrected chi connectivity index (χ2v) is 5.79. The highest BCUT2D eigenvalue weighted by atomic mass is 16.6. The second kappa shape index (κ2) is 6.59. The van der Waals surface area contributed by atoms with E-state index < -0.39 is 10.5 Å². The number of amides is 1. The topological polar surface area (TPSA) is 108 Å². The van der Waals surface area contributed by atoms with Gasteiger partial charge in [-0.05, 0) is 33.3 Å². The summed E-state index contributed by atoms with van der Waals surface area (Å²) >= 11 is 0. The monoisotopic (exact) mass is 320 g/mol. The summed E-state index contributed by atoms with van der Waals surface area (Å²) in [5.41, 5.74) is -0.188. The molecule has 0 aliphatic rings. The molecule has 1 N–H and O–H groups in total. The van der Waals surface area contributed by atoms with Gasteiger partial charge < -0.3 is 5.32 Å². The van der Waals surface area contributed by atoms with E-state index in [1.54, 1.807) is 13.8 Å². The molecule has 0 aliphatic heterocycles. The van der Waals surface area contributed by atoms with Gasteiger partial charge in [-0.3, -0.25) is 24.3 Å². The fourth-order valence-corrected chi connectivity index (χ4v) is 2.06. The molecule has 0 saturated carbocycles. The smallest absolute Gasteiger partial charge is 0.307 e. The maximum atomic E-state index is 12.3. The Kier molecular flexibility index (Phi) is 4.77. The van der Waals surface area contributed by atoms with Crippen molar-refractivity contribution in [2.24, 2.45) is 0 Å². The third kappa shape index (κ3) is 3.93. The lowest BCUT2D eigenvalue weighted by molar-refractivity contribution is -0.385. The van der Waals surface area contributed by atoms with E-state index in [0.29, 0.717) is 13.1 Å². The van der Waals surface area contributed by atoms with Gasteiger partial charge in [0, 0.05) is 19.3 Å². The van der Waals surface area contributed by atoms with E-state index in [4.69, 9.17) is 0 Å². The van der Waals surface area contributed by atoms with Gasteiger partial charge in [-0.2, -0.15) is 10.2 Å². The second-order valence-electron chi connectivity index (χ2n) is 5.79. The summed E-state index contributed by atoms with van der Waals surface area (Å²) in [5.74, 6) is -0.243. The summed E-state index contributed by atoms with van der Waals surface area (Å²) in [6, 6.07) is 1.92. The molecule has 0 bridgehead atoms. The van der Waals surface area contributed by atoms with Gasteiger partial charge in [0.15, 0.2) is 0 Å². The molecular weight excluding hydrogens is 300 g/mol. The number of nitrogens with one attached hydrogen (secondary N) is 1. The Balaban J connectivity index is 1.86. The van der Waals surface area contributed by atoms with E-state index in [2.05, 4.69) is 15.5 Å². The zero-order valence-electron chi connectivity index (χ0n) is 13.4. The van der Waals surface area contributed by atoms with Gasteiger partial charge in [0.25, 0.3) is 0 Å². The van der Waals surface area contributed by atoms with Crippen LogP contribution >= 0.6 is 0 Å². The fourth-order valence-electron chi connectivity index (χ4n) is 2.06. The lowest BCUT2D eigenvalue weighted by Crippen LogP contribution is -2.45. The Morgan fingerprint density at radius 3 is 2.78 bits per heavy atom. The Hall–Kier alpha value is -2.71. The maximum absolute atomic E-state index is 12.3. The van der Waals surface area contributed by atoms with Crippen LogP contribution in [0.1, 0.15) is 26.0 Å². The lowest BCUT2D eigenvalue weighted by atomic mass is 10.1. The summed E-state index contributed by atoms with van der Waals surface area (Å²) in [4.78, 5) is 22.5. The lowest BCUT2D eigenvalue weighted by Gasteiger charge is -2.23. The number of nitro groups is 1. The highest BCUT2D eigenvalue weighted by Crippen LogP contribution is 2.18. The first kappa shape index (κ1) is 16.7. The van der Waals surface area contributed by atoms with E-state index in [1.165, 1.54) is 10.9 Å². The van der Waals surface area contributed by atoms with Crippen molar-refractivity contribution in [2.75, 3.05) is 6.54 Å². The van der Waals surface area contributed by atoms with Crippen LogP contribution in [0.3, 0.4) is 0 Å². The van der Waals surface area contributed by atoms with E-state index in [1.807, 2.05) is 23.9 Å². The molecule has 2 heterocycles. The molecule has 2 rings (SSSR count). The molecule has 0 radical (unpaired) electrons. The van der Waals surface area contributed by atoms with E-state index in [0.717, 1.165) is 18.3 Å². The Labute approximate surface area is 133 Å². The molecule has 2 aromatic rings. The molecule has 2 aromatic heterocycles. The summed E-state index contributed by atoms with van der Waals surface area (Å²) in [6.45, 7) is 6.45. The molecule has 0 atom stereocenters. The van der Waals surface area contributed by atoms with Gasteiger partial charge in [0.1, 0.15) is 17.9 Å². The minimum absolute atomic E-state index is 0.139. The van der Waals surface area contributed by atoms with Crippen LogP contribution in [0.4, 0.5) is 5.69 Å². The number of hydrogen-bond acceptors (Lipinski definition) is 5. The number of rotatable bonds is 7. The molecule has 0 fully saturated rings. The average molecular weight is 320 g/mol. The highest BCUT2D eigenvalue weighted by Gasteiger charge is 2.31. The first-order chi connectivity index (χ1) is 10.8. The van der Waals surface area contributed by atoms with Gasteiger partial charge >= 0.3 is 5.69 Å². The van der Waals surface area contributed by atoms with Crippen molar-refractivity contribution in [1.82, 2.24) is 24.9 Å². The Bertz CT molecular complexity index is 703. The third-order valence-electron chi connectivity index (χ3n) is 3.53. The van der Waals surface area contributed by atoms with Crippen LogP contribution in [0.15, 0.2) is 24.7 Å². The van der Waals surface area contributed by atoms with Gasteiger partial charge in [0.2, 0.25) is 5.91 Å². The zero-order valence-corrected chi connectivity index (χ0v) is 13.4. The van der Waals surface area contributed by atoms with Gasteiger partial charge in [-0.15, -0.1) is 0 Å². The Morgan fingerprint density at radius 1 is 1.48 bits per heavy atom. The third-order valence-corrected chi connectivity index (χ3v) is 3.53. The molecular formula is C14H20N6O3. The number of aryl methyl sites for hydroxylation is 2. The molecule has 23 heavy (non-hydrogen) atoms.